The van der Waals surface area contributed by atoms with E-state index in [9.17, 15) is 9.59 Å². The second-order valence-electron chi connectivity index (χ2n) is 14.0. The van der Waals surface area contributed by atoms with Gasteiger partial charge < -0.3 is 15.2 Å². The summed E-state index contributed by atoms with van der Waals surface area (Å²) >= 11 is 0. The number of amides is 1. The number of esters is 1. The molecule has 7 atom stereocenters. The maximum atomic E-state index is 14.3. The molecule has 1 heterocycles. The van der Waals surface area contributed by atoms with E-state index in [-0.39, 0.29) is 28.8 Å². The number of rotatable bonds is 3. The van der Waals surface area contributed by atoms with Crippen molar-refractivity contribution in [2.45, 2.75) is 102 Å². The molecule has 1 aromatic carbocycles. The highest BCUT2D eigenvalue weighted by Crippen LogP contribution is 2.70. The molecule has 7 rings (SSSR count). The van der Waals surface area contributed by atoms with Crippen molar-refractivity contribution in [3.05, 3.63) is 35.9 Å². The van der Waals surface area contributed by atoms with Crippen LogP contribution in [0, 0.1) is 22.7 Å². The largest absolute Gasteiger partial charge is 0.444 e. The molecule has 1 amide bonds. The number of carbonyl (C=O) groups excluding carboxylic acids is 2. The Morgan fingerprint density at radius 3 is 2.40 bits per heavy atom. The van der Waals surface area contributed by atoms with Crippen LogP contribution in [0.15, 0.2) is 30.3 Å². The van der Waals surface area contributed by atoms with Crippen LogP contribution in [-0.4, -0.2) is 40.9 Å². The van der Waals surface area contributed by atoms with Gasteiger partial charge in [0.15, 0.2) is 5.72 Å². The van der Waals surface area contributed by atoms with Gasteiger partial charge in [0.25, 0.3) is 0 Å². The Morgan fingerprint density at radius 1 is 1.00 bits per heavy atom. The normalized spacial score (nSPS) is 43.5. The first-order chi connectivity index (χ1) is 16.4. The SMILES string of the molecule is CC12CC3CC(C(=O)OC45CC(N)C(CN4C(=O)OC(C)(C)C)C5)(C1)CC(c1ccccc1)(C3)C2. The first-order valence-electron chi connectivity index (χ1n) is 13.4. The number of carbonyl (C=O) groups is 2. The lowest BCUT2D eigenvalue weighted by Gasteiger charge is -2.65. The smallest absolute Gasteiger partial charge is 0.413 e. The highest BCUT2D eigenvalue weighted by molar-refractivity contribution is 5.79. The summed E-state index contributed by atoms with van der Waals surface area (Å²) in [6.07, 6.45) is 6.80. The zero-order valence-electron chi connectivity index (χ0n) is 21.6. The van der Waals surface area contributed by atoms with Crippen LogP contribution in [0.1, 0.15) is 84.6 Å². The van der Waals surface area contributed by atoms with Gasteiger partial charge in [0.1, 0.15) is 5.60 Å². The van der Waals surface area contributed by atoms with Crippen molar-refractivity contribution >= 4 is 12.1 Å². The van der Waals surface area contributed by atoms with E-state index in [2.05, 4.69) is 37.3 Å². The van der Waals surface area contributed by atoms with Crippen LogP contribution in [0.3, 0.4) is 0 Å². The van der Waals surface area contributed by atoms with Gasteiger partial charge in [0.05, 0.1) is 5.41 Å². The number of hydrogen-bond donors (Lipinski definition) is 1. The van der Waals surface area contributed by atoms with Crippen molar-refractivity contribution in [1.29, 1.82) is 0 Å². The second kappa shape index (κ2) is 7.24. The Hall–Kier alpha value is -2.08. The number of benzene rings is 1. The fourth-order valence-corrected chi connectivity index (χ4v) is 9.24. The third kappa shape index (κ3) is 3.61. The van der Waals surface area contributed by atoms with E-state index in [1.165, 1.54) is 12.0 Å². The third-order valence-electron chi connectivity index (χ3n) is 9.71. The zero-order chi connectivity index (χ0) is 24.9. The molecule has 0 aromatic heterocycles. The molecule has 6 bridgehead atoms. The Labute approximate surface area is 208 Å². The first-order valence-corrected chi connectivity index (χ1v) is 13.4. The molecule has 0 radical (unpaired) electrons. The van der Waals surface area contributed by atoms with Crippen molar-refractivity contribution in [3.8, 4) is 0 Å². The number of likely N-dealkylation sites (tertiary alicyclic amines) is 1. The van der Waals surface area contributed by atoms with E-state index in [4.69, 9.17) is 15.2 Å². The summed E-state index contributed by atoms with van der Waals surface area (Å²) < 4.78 is 12.2. The standard InChI is InChI=1S/C29H40N2O4/c1-25(2,3)35-24(33)31-15-20-13-29(31,14-22(20)30)34-23(32)28-12-19-10-26(4,17-28)16-27(11-19,18-28)21-8-6-5-7-9-21/h5-9,19-20,22H,10-18,30H2,1-4H3. The molecule has 2 N–H and O–H groups in total. The van der Waals surface area contributed by atoms with Gasteiger partial charge in [-0.1, -0.05) is 37.3 Å². The summed E-state index contributed by atoms with van der Waals surface area (Å²) in [5.41, 5.74) is 5.88. The molecule has 6 nitrogen and oxygen atoms in total. The minimum atomic E-state index is -0.979. The number of fused-ring (bicyclic) bond motifs is 2. The number of nitrogens with two attached hydrogens (primary N) is 1. The fourth-order valence-electron chi connectivity index (χ4n) is 9.24. The minimum absolute atomic E-state index is 0.0290. The average Bonchev–Trinajstić information content (AvgIpc) is 3.25. The van der Waals surface area contributed by atoms with Crippen molar-refractivity contribution in [1.82, 2.24) is 4.90 Å². The van der Waals surface area contributed by atoms with Crippen LogP contribution >= 0.6 is 0 Å². The van der Waals surface area contributed by atoms with Gasteiger partial charge in [-0.3, -0.25) is 9.69 Å². The van der Waals surface area contributed by atoms with E-state index in [1.807, 2.05) is 20.8 Å². The van der Waals surface area contributed by atoms with E-state index in [0.29, 0.717) is 25.3 Å². The Kier molecular flexibility index (Phi) is 4.83. The van der Waals surface area contributed by atoms with Crippen LogP contribution in [0.4, 0.5) is 4.79 Å². The van der Waals surface area contributed by atoms with Gasteiger partial charge in [0.2, 0.25) is 0 Å². The van der Waals surface area contributed by atoms with Crippen LogP contribution in [0.5, 0.6) is 0 Å². The van der Waals surface area contributed by atoms with Gasteiger partial charge in [-0.05, 0) is 87.5 Å². The number of piperidine rings is 1. The molecule has 5 saturated carbocycles. The van der Waals surface area contributed by atoms with E-state index in [0.717, 1.165) is 32.1 Å². The Balaban J connectivity index is 1.31. The quantitative estimate of drug-likeness (QED) is 0.606. The van der Waals surface area contributed by atoms with Crippen molar-refractivity contribution in [3.63, 3.8) is 0 Å². The van der Waals surface area contributed by atoms with Crippen molar-refractivity contribution in [2.24, 2.45) is 28.4 Å². The molecular formula is C29H40N2O4. The van der Waals surface area contributed by atoms with Gasteiger partial charge >= 0.3 is 12.1 Å². The predicted octanol–water partition coefficient (Wildman–Crippen LogP) is 5.14. The lowest BCUT2D eigenvalue weighted by molar-refractivity contribution is -0.209. The van der Waals surface area contributed by atoms with Crippen molar-refractivity contribution < 1.29 is 19.1 Å². The zero-order valence-corrected chi connectivity index (χ0v) is 21.6. The van der Waals surface area contributed by atoms with Crippen LogP contribution in [-0.2, 0) is 19.7 Å². The van der Waals surface area contributed by atoms with Gasteiger partial charge in [-0.15, -0.1) is 0 Å². The molecule has 1 aliphatic heterocycles. The maximum Gasteiger partial charge on any atom is 0.413 e. The van der Waals surface area contributed by atoms with Gasteiger partial charge in [-0.25, -0.2) is 4.79 Å². The highest BCUT2D eigenvalue weighted by atomic mass is 16.6. The van der Waals surface area contributed by atoms with Gasteiger partial charge in [-0.2, -0.15) is 0 Å². The average molecular weight is 481 g/mol. The Bertz CT molecular complexity index is 1050. The summed E-state index contributed by atoms with van der Waals surface area (Å²) in [7, 11) is 0. The second-order valence-corrected chi connectivity index (χ2v) is 14.0. The molecule has 6 fully saturated rings. The lowest BCUT2D eigenvalue weighted by Crippen LogP contribution is -2.62. The molecule has 0 spiro atoms. The predicted molar refractivity (Wildman–Crippen MR) is 132 cm³/mol. The lowest BCUT2D eigenvalue weighted by atomic mass is 9.39. The molecule has 7 unspecified atom stereocenters. The highest BCUT2D eigenvalue weighted by Gasteiger charge is 2.67. The van der Waals surface area contributed by atoms with Gasteiger partial charge in [0, 0.05) is 25.4 Å². The number of hydrogen-bond acceptors (Lipinski definition) is 5. The molecule has 5 aliphatic carbocycles. The molecule has 6 aliphatic rings. The number of ether oxygens (including phenoxy) is 2. The molecule has 1 aromatic rings. The summed E-state index contributed by atoms with van der Waals surface area (Å²) in [4.78, 5) is 29.1. The molecule has 1 saturated heterocycles. The summed E-state index contributed by atoms with van der Waals surface area (Å²) in [6, 6.07) is 10.7. The third-order valence-corrected chi connectivity index (χ3v) is 9.71. The molecule has 6 heteroatoms. The van der Waals surface area contributed by atoms with Crippen LogP contribution in [0.25, 0.3) is 0 Å². The van der Waals surface area contributed by atoms with E-state index >= 15 is 0 Å². The molecular weight excluding hydrogens is 440 g/mol. The summed E-state index contributed by atoms with van der Waals surface area (Å²) in [6.45, 7) is 8.46. The Morgan fingerprint density at radius 2 is 1.74 bits per heavy atom. The molecule has 190 valence electrons. The summed E-state index contributed by atoms with van der Waals surface area (Å²) in [5.74, 6) is 0.557. The van der Waals surface area contributed by atoms with E-state index < -0.39 is 22.8 Å². The maximum absolute atomic E-state index is 14.3. The minimum Gasteiger partial charge on any atom is -0.444 e. The topological polar surface area (TPSA) is 81.9 Å². The summed E-state index contributed by atoms with van der Waals surface area (Å²) in [5, 5.41) is 0. The number of nitrogens with zero attached hydrogens (tertiary/aromatic N) is 1. The van der Waals surface area contributed by atoms with Crippen LogP contribution in [0.2, 0.25) is 0 Å². The first kappa shape index (κ1) is 23.3. The monoisotopic (exact) mass is 480 g/mol. The van der Waals surface area contributed by atoms with Crippen LogP contribution < -0.4 is 5.73 Å². The van der Waals surface area contributed by atoms with Crippen molar-refractivity contribution in [2.75, 3.05) is 6.54 Å². The fraction of sp³-hybridized carbons (Fsp3) is 0.724. The van der Waals surface area contributed by atoms with E-state index in [1.54, 1.807) is 4.90 Å². The molecule has 35 heavy (non-hydrogen) atoms.